The second kappa shape index (κ2) is 7.36. The second-order valence-electron chi connectivity index (χ2n) is 5.96. The summed E-state index contributed by atoms with van der Waals surface area (Å²) in [5.74, 6) is 0.298. The summed E-state index contributed by atoms with van der Waals surface area (Å²) in [5.41, 5.74) is 1.21. The molecule has 3 aromatic rings. The van der Waals surface area contributed by atoms with E-state index in [1.54, 1.807) is 30.3 Å². The molecule has 1 aliphatic heterocycles. The number of hydrogen-bond acceptors (Lipinski definition) is 6. The van der Waals surface area contributed by atoms with Crippen molar-refractivity contribution in [1.29, 1.82) is 0 Å². The van der Waals surface area contributed by atoms with Crippen LogP contribution in [-0.2, 0) is 11.3 Å². The van der Waals surface area contributed by atoms with Gasteiger partial charge >= 0.3 is 5.76 Å². The zero-order valence-corrected chi connectivity index (χ0v) is 14.4. The number of ether oxygens (including phenoxy) is 2. The first-order valence-electron chi connectivity index (χ1n) is 8.52. The molecule has 2 aromatic carbocycles. The SMILES string of the molecule is O=C(Cn1nc(-c2ccccc2)oc1=O)Nc1ccc2c(c1)OCCCO2. The summed E-state index contributed by atoms with van der Waals surface area (Å²) in [6.07, 6.45) is 0.801. The Balaban J connectivity index is 1.46. The fraction of sp³-hybridized carbons (Fsp3) is 0.211. The molecule has 0 bridgehead atoms. The number of carbonyl (C=O) groups excluding carboxylic acids is 1. The first-order chi connectivity index (χ1) is 13.2. The normalized spacial score (nSPS) is 13.0. The molecule has 4 rings (SSSR count). The number of benzene rings is 2. The molecule has 1 aliphatic rings. The molecule has 0 spiro atoms. The third-order valence-corrected chi connectivity index (χ3v) is 3.95. The Morgan fingerprint density at radius 2 is 1.85 bits per heavy atom. The van der Waals surface area contributed by atoms with E-state index in [1.807, 2.05) is 18.2 Å². The fourth-order valence-corrected chi connectivity index (χ4v) is 2.68. The number of rotatable bonds is 4. The van der Waals surface area contributed by atoms with Crippen LogP contribution in [0, 0.1) is 0 Å². The number of nitrogens with one attached hydrogen (secondary N) is 1. The third-order valence-electron chi connectivity index (χ3n) is 3.95. The van der Waals surface area contributed by atoms with Gasteiger partial charge in [0.25, 0.3) is 0 Å². The lowest BCUT2D eigenvalue weighted by Gasteiger charge is -2.10. The minimum Gasteiger partial charge on any atom is -0.490 e. The predicted octanol–water partition coefficient (Wildman–Crippen LogP) is 2.30. The van der Waals surface area contributed by atoms with Crippen molar-refractivity contribution in [3.05, 3.63) is 59.1 Å². The van der Waals surface area contributed by atoms with Crippen LogP contribution in [0.2, 0.25) is 0 Å². The molecule has 0 saturated carbocycles. The van der Waals surface area contributed by atoms with Crippen molar-refractivity contribution in [1.82, 2.24) is 9.78 Å². The van der Waals surface area contributed by atoms with Crippen LogP contribution >= 0.6 is 0 Å². The highest BCUT2D eigenvalue weighted by Crippen LogP contribution is 2.32. The zero-order chi connectivity index (χ0) is 18.6. The largest absolute Gasteiger partial charge is 0.490 e. The Bertz CT molecular complexity index is 1010. The number of carbonyl (C=O) groups is 1. The Labute approximate surface area is 154 Å². The van der Waals surface area contributed by atoms with Gasteiger partial charge in [0.2, 0.25) is 11.8 Å². The van der Waals surface area contributed by atoms with Crippen LogP contribution in [0.1, 0.15) is 6.42 Å². The molecule has 0 aliphatic carbocycles. The van der Waals surface area contributed by atoms with E-state index in [2.05, 4.69) is 10.4 Å². The molecule has 138 valence electrons. The van der Waals surface area contributed by atoms with E-state index in [0.717, 1.165) is 11.1 Å². The fourth-order valence-electron chi connectivity index (χ4n) is 2.68. The van der Waals surface area contributed by atoms with Gasteiger partial charge in [0.1, 0.15) is 6.54 Å². The van der Waals surface area contributed by atoms with Gasteiger partial charge in [-0.15, -0.1) is 5.10 Å². The average Bonchev–Trinajstić information content (AvgIpc) is 2.89. The Hall–Kier alpha value is -3.55. The topological polar surface area (TPSA) is 95.6 Å². The summed E-state index contributed by atoms with van der Waals surface area (Å²) in [5, 5.41) is 6.80. The molecule has 1 N–H and O–H groups in total. The van der Waals surface area contributed by atoms with Gasteiger partial charge in [-0.25, -0.2) is 4.79 Å². The second-order valence-corrected chi connectivity index (χ2v) is 5.96. The number of aromatic nitrogens is 2. The van der Waals surface area contributed by atoms with Crippen LogP contribution < -0.4 is 20.5 Å². The minimum atomic E-state index is -0.692. The van der Waals surface area contributed by atoms with Gasteiger partial charge in [-0.3, -0.25) is 4.79 Å². The van der Waals surface area contributed by atoms with Gasteiger partial charge in [-0.1, -0.05) is 18.2 Å². The maximum absolute atomic E-state index is 12.3. The smallest absolute Gasteiger partial charge is 0.437 e. The van der Waals surface area contributed by atoms with Crippen LogP contribution in [0.15, 0.2) is 57.7 Å². The molecule has 8 nitrogen and oxygen atoms in total. The number of fused-ring (bicyclic) bond motifs is 1. The first kappa shape index (κ1) is 16.9. The van der Waals surface area contributed by atoms with Crippen molar-refractivity contribution in [3.8, 4) is 23.0 Å². The van der Waals surface area contributed by atoms with Crippen molar-refractivity contribution in [3.63, 3.8) is 0 Å². The summed E-state index contributed by atoms with van der Waals surface area (Å²) in [6, 6.07) is 14.2. The molecule has 1 amide bonds. The van der Waals surface area contributed by atoms with Crippen molar-refractivity contribution >= 4 is 11.6 Å². The summed E-state index contributed by atoms with van der Waals surface area (Å²) in [6.45, 7) is 0.891. The molecule has 0 fully saturated rings. The van der Waals surface area contributed by atoms with E-state index in [0.29, 0.717) is 36.0 Å². The lowest BCUT2D eigenvalue weighted by molar-refractivity contribution is -0.117. The van der Waals surface area contributed by atoms with Crippen LogP contribution in [0.3, 0.4) is 0 Å². The lowest BCUT2D eigenvalue weighted by atomic mass is 10.2. The zero-order valence-electron chi connectivity index (χ0n) is 14.4. The van der Waals surface area contributed by atoms with E-state index in [9.17, 15) is 9.59 Å². The standard InChI is InChI=1S/C19H17N3O5/c23-17(20-14-7-8-15-16(11-14)26-10-4-9-25-15)12-22-19(24)27-18(21-22)13-5-2-1-3-6-13/h1-3,5-8,11H,4,9-10,12H2,(H,20,23). The van der Waals surface area contributed by atoms with Crippen molar-refractivity contribution < 1.29 is 18.7 Å². The molecule has 0 atom stereocenters. The molecule has 8 heteroatoms. The molecular formula is C19H17N3O5. The van der Waals surface area contributed by atoms with Crippen LogP contribution in [0.5, 0.6) is 11.5 Å². The maximum atomic E-state index is 12.3. The number of nitrogens with zero attached hydrogens (tertiary/aromatic N) is 2. The van der Waals surface area contributed by atoms with E-state index in [4.69, 9.17) is 13.9 Å². The predicted molar refractivity (Wildman–Crippen MR) is 96.9 cm³/mol. The molecule has 0 radical (unpaired) electrons. The van der Waals surface area contributed by atoms with Crippen molar-refractivity contribution in [2.75, 3.05) is 18.5 Å². The molecule has 2 heterocycles. The molecular weight excluding hydrogens is 350 g/mol. The van der Waals surface area contributed by atoms with E-state index in [1.165, 1.54) is 0 Å². The van der Waals surface area contributed by atoms with Crippen LogP contribution in [-0.4, -0.2) is 28.9 Å². The average molecular weight is 367 g/mol. The van der Waals surface area contributed by atoms with Crippen molar-refractivity contribution in [2.24, 2.45) is 0 Å². The third kappa shape index (κ3) is 3.84. The van der Waals surface area contributed by atoms with Crippen LogP contribution in [0.4, 0.5) is 5.69 Å². The monoisotopic (exact) mass is 367 g/mol. The number of amides is 1. The van der Waals surface area contributed by atoms with E-state index < -0.39 is 11.7 Å². The van der Waals surface area contributed by atoms with E-state index in [-0.39, 0.29) is 12.4 Å². The highest BCUT2D eigenvalue weighted by molar-refractivity contribution is 5.90. The number of anilines is 1. The summed E-state index contributed by atoms with van der Waals surface area (Å²) in [7, 11) is 0. The van der Waals surface area contributed by atoms with Crippen LogP contribution in [0.25, 0.3) is 11.5 Å². The van der Waals surface area contributed by atoms with Gasteiger partial charge in [-0.05, 0) is 24.3 Å². The Morgan fingerprint density at radius 1 is 1.07 bits per heavy atom. The Kier molecular flexibility index (Phi) is 4.61. The van der Waals surface area contributed by atoms with E-state index >= 15 is 0 Å². The Morgan fingerprint density at radius 3 is 2.67 bits per heavy atom. The summed E-state index contributed by atoms with van der Waals surface area (Å²) >= 11 is 0. The highest BCUT2D eigenvalue weighted by atomic mass is 16.5. The highest BCUT2D eigenvalue weighted by Gasteiger charge is 2.15. The van der Waals surface area contributed by atoms with Crippen molar-refractivity contribution in [2.45, 2.75) is 13.0 Å². The molecule has 1 aromatic heterocycles. The van der Waals surface area contributed by atoms with Gasteiger partial charge in [0.15, 0.2) is 11.5 Å². The van der Waals surface area contributed by atoms with Gasteiger partial charge < -0.3 is 19.2 Å². The lowest BCUT2D eigenvalue weighted by Crippen LogP contribution is -2.25. The first-order valence-corrected chi connectivity index (χ1v) is 8.52. The van der Waals surface area contributed by atoms with Gasteiger partial charge in [0.05, 0.1) is 13.2 Å². The number of hydrogen-bond donors (Lipinski definition) is 1. The molecule has 0 unspecified atom stereocenters. The molecule has 27 heavy (non-hydrogen) atoms. The maximum Gasteiger partial charge on any atom is 0.437 e. The molecule has 0 saturated heterocycles. The quantitative estimate of drug-likeness (QED) is 0.760. The minimum absolute atomic E-state index is 0.170. The van der Waals surface area contributed by atoms with Gasteiger partial charge in [-0.2, -0.15) is 4.68 Å². The van der Waals surface area contributed by atoms with Gasteiger partial charge in [0, 0.05) is 23.7 Å². The summed E-state index contributed by atoms with van der Waals surface area (Å²) in [4.78, 5) is 24.2. The summed E-state index contributed by atoms with van der Waals surface area (Å²) < 4.78 is 17.3.